The minimum absolute atomic E-state index is 0.104. The molecule has 4 N–H and O–H groups in total. The first kappa shape index (κ1) is 39.3. The van der Waals surface area contributed by atoms with Crippen LogP contribution in [0.5, 0.6) is 0 Å². The van der Waals surface area contributed by atoms with Gasteiger partial charge in [0.05, 0.1) is 12.2 Å². The number of pyridine rings is 1. The number of ether oxygens (including phenoxy) is 1. The number of carbonyl (C=O) groups is 3. The van der Waals surface area contributed by atoms with Gasteiger partial charge in [0.2, 0.25) is 11.8 Å². The monoisotopic (exact) mass is 544 g/mol. The van der Waals surface area contributed by atoms with Crippen LogP contribution >= 0.6 is 12.6 Å². The summed E-state index contributed by atoms with van der Waals surface area (Å²) in [5.41, 5.74) is -0.0855. The Labute approximate surface area is 230 Å². The summed E-state index contributed by atoms with van der Waals surface area (Å²) < 4.78 is 4.95. The Morgan fingerprint density at radius 1 is 1.11 bits per heavy atom. The predicted molar refractivity (Wildman–Crippen MR) is 155 cm³/mol. The molecular weight excluding hydrogens is 492 g/mol. The van der Waals surface area contributed by atoms with E-state index < -0.39 is 17.4 Å². The van der Waals surface area contributed by atoms with E-state index in [-0.39, 0.29) is 31.4 Å². The first-order valence-electron chi connectivity index (χ1n) is 13.0. The standard InChI is InChI=1S/C12H24N2O4S.C7H8N2O.C6H14.C2H6/c1-12(2,8-18-3)10(16)11(17)14-5-4-9(15)13-6-7-19;1-8-7(10)6-3-2-4-9-5-6;1-3-5-6-4-2;1-2/h10,16,19H,4-8H2,1-3H3,(H,13,15)(H,14,17);2-5H,1H3,(H,8,10);3-6H2,1-2H3;1-2H3/t10-;;;/m0.../s1. The van der Waals surface area contributed by atoms with Crippen molar-refractivity contribution < 1.29 is 24.2 Å². The lowest BCUT2D eigenvalue weighted by Gasteiger charge is -2.28. The second-order valence-electron chi connectivity index (χ2n) is 8.47. The number of unbranched alkanes of at least 4 members (excludes halogenated alkanes) is 3. The van der Waals surface area contributed by atoms with Crippen molar-refractivity contribution in [3.8, 4) is 0 Å². The molecule has 0 bridgehead atoms. The molecule has 37 heavy (non-hydrogen) atoms. The van der Waals surface area contributed by atoms with Gasteiger partial charge in [-0.3, -0.25) is 19.4 Å². The fourth-order valence-electron chi connectivity index (χ4n) is 2.63. The molecule has 1 atom stereocenters. The van der Waals surface area contributed by atoms with E-state index in [2.05, 4.69) is 47.4 Å². The van der Waals surface area contributed by atoms with Crippen LogP contribution in [-0.2, 0) is 14.3 Å². The molecule has 0 fully saturated rings. The van der Waals surface area contributed by atoms with E-state index in [1.807, 2.05) is 13.8 Å². The zero-order chi connectivity index (χ0) is 29.1. The third-order valence-corrected chi connectivity index (χ3v) is 4.92. The van der Waals surface area contributed by atoms with Crippen LogP contribution < -0.4 is 16.0 Å². The maximum atomic E-state index is 11.7. The maximum absolute atomic E-state index is 11.7. The van der Waals surface area contributed by atoms with Crippen LogP contribution in [0.4, 0.5) is 0 Å². The number of nitrogens with one attached hydrogen (secondary N) is 3. The van der Waals surface area contributed by atoms with Crippen molar-refractivity contribution in [1.82, 2.24) is 20.9 Å². The Kier molecular flexibility index (Phi) is 28.6. The lowest BCUT2D eigenvalue weighted by molar-refractivity contribution is -0.137. The number of thiol groups is 1. The third-order valence-electron chi connectivity index (χ3n) is 4.70. The topological polar surface area (TPSA) is 130 Å². The lowest BCUT2D eigenvalue weighted by atomic mass is 9.87. The number of rotatable bonds is 13. The summed E-state index contributed by atoms with van der Waals surface area (Å²) in [5, 5.41) is 17.5. The fourth-order valence-corrected chi connectivity index (χ4v) is 2.74. The molecule has 0 aliphatic heterocycles. The van der Waals surface area contributed by atoms with Gasteiger partial charge in [-0.25, -0.2) is 0 Å². The average Bonchev–Trinajstić information content (AvgIpc) is 2.92. The Morgan fingerprint density at radius 3 is 2.14 bits per heavy atom. The van der Waals surface area contributed by atoms with Crippen molar-refractivity contribution in [1.29, 1.82) is 0 Å². The summed E-state index contributed by atoms with van der Waals surface area (Å²) >= 11 is 3.97. The van der Waals surface area contributed by atoms with E-state index in [9.17, 15) is 19.5 Å². The van der Waals surface area contributed by atoms with Crippen molar-refractivity contribution >= 4 is 30.4 Å². The first-order chi connectivity index (χ1) is 17.6. The summed E-state index contributed by atoms with van der Waals surface area (Å²) in [6, 6.07) is 3.44. The molecule has 216 valence electrons. The fraction of sp³-hybridized carbons (Fsp3) is 0.704. The van der Waals surface area contributed by atoms with Crippen molar-refractivity contribution in [3.05, 3.63) is 30.1 Å². The van der Waals surface area contributed by atoms with Gasteiger partial charge >= 0.3 is 0 Å². The minimum atomic E-state index is -1.17. The van der Waals surface area contributed by atoms with Crippen molar-refractivity contribution in [2.24, 2.45) is 5.41 Å². The highest BCUT2D eigenvalue weighted by Crippen LogP contribution is 2.20. The molecule has 0 spiro atoms. The molecule has 0 aromatic carbocycles. The van der Waals surface area contributed by atoms with E-state index in [4.69, 9.17) is 4.74 Å². The predicted octanol–water partition coefficient (Wildman–Crippen LogP) is 3.63. The number of amides is 3. The number of hydrogen-bond donors (Lipinski definition) is 5. The summed E-state index contributed by atoms with van der Waals surface area (Å²) in [6.07, 6.45) is 7.70. The molecule has 0 aliphatic rings. The van der Waals surface area contributed by atoms with Gasteiger partial charge in [0.25, 0.3) is 5.91 Å². The SMILES string of the molecule is CC.CCCCCC.CNC(=O)c1cccnc1.COCC(C)(C)[C@@H](O)C(=O)NCCC(=O)NCCS. The maximum Gasteiger partial charge on any atom is 0.252 e. The smallest absolute Gasteiger partial charge is 0.252 e. The Bertz CT molecular complexity index is 687. The number of methoxy groups -OCH3 is 1. The summed E-state index contributed by atoms with van der Waals surface area (Å²) in [4.78, 5) is 37.6. The minimum Gasteiger partial charge on any atom is -0.384 e. The number of aromatic nitrogens is 1. The van der Waals surface area contributed by atoms with Gasteiger partial charge in [-0.15, -0.1) is 0 Å². The third kappa shape index (κ3) is 22.7. The van der Waals surface area contributed by atoms with Gasteiger partial charge in [0.15, 0.2) is 0 Å². The van der Waals surface area contributed by atoms with Crippen LogP contribution in [-0.4, -0.2) is 73.5 Å². The highest BCUT2D eigenvalue weighted by molar-refractivity contribution is 7.80. The molecular formula is C27H52N4O5S. The Balaban J connectivity index is -0.000000530. The second-order valence-corrected chi connectivity index (χ2v) is 8.91. The molecule has 9 nitrogen and oxygen atoms in total. The number of aliphatic hydroxyl groups excluding tert-OH is 1. The molecule has 0 saturated heterocycles. The Morgan fingerprint density at radius 2 is 1.70 bits per heavy atom. The van der Waals surface area contributed by atoms with Crippen molar-refractivity contribution in [2.75, 3.05) is 39.6 Å². The lowest BCUT2D eigenvalue weighted by Crippen LogP contribution is -2.46. The molecule has 0 aliphatic carbocycles. The van der Waals surface area contributed by atoms with E-state index in [1.54, 1.807) is 39.2 Å². The second kappa shape index (κ2) is 26.9. The first-order valence-corrected chi connectivity index (χ1v) is 13.7. The average molecular weight is 545 g/mol. The van der Waals surface area contributed by atoms with Gasteiger partial charge in [-0.2, -0.15) is 12.6 Å². The molecule has 10 heteroatoms. The zero-order valence-corrected chi connectivity index (χ0v) is 25.1. The van der Waals surface area contributed by atoms with Crippen LogP contribution in [0.2, 0.25) is 0 Å². The van der Waals surface area contributed by atoms with Crippen LogP contribution in [0.25, 0.3) is 0 Å². The van der Waals surface area contributed by atoms with E-state index >= 15 is 0 Å². The summed E-state index contributed by atoms with van der Waals surface area (Å²) in [5.74, 6) is -0.181. The van der Waals surface area contributed by atoms with E-state index in [0.29, 0.717) is 17.9 Å². The molecule has 1 aromatic rings. The number of carbonyl (C=O) groups excluding carboxylic acids is 3. The van der Waals surface area contributed by atoms with Gasteiger partial charge in [0, 0.05) is 57.2 Å². The molecule has 0 unspecified atom stereocenters. The molecule has 0 radical (unpaired) electrons. The number of hydrogen-bond acceptors (Lipinski definition) is 7. The molecule has 1 heterocycles. The summed E-state index contributed by atoms with van der Waals surface area (Å²) in [7, 11) is 3.10. The van der Waals surface area contributed by atoms with E-state index in [1.165, 1.54) is 39.0 Å². The largest absolute Gasteiger partial charge is 0.384 e. The van der Waals surface area contributed by atoms with Crippen molar-refractivity contribution in [2.45, 2.75) is 79.8 Å². The molecule has 3 amide bonds. The van der Waals surface area contributed by atoms with Gasteiger partial charge in [0.1, 0.15) is 6.10 Å². The van der Waals surface area contributed by atoms with Crippen LogP contribution in [0.1, 0.15) is 84.0 Å². The highest BCUT2D eigenvalue weighted by atomic mass is 32.1. The highest BCUT2D eigenvalue weighted by Gasteiger charge is 2.33. The van der Waals surface area contributed by atoms with Crippen LogP contribution in [0.15, 0.2) is 24.5 Å². The van der Waals surface area contributed by atoms with Crippen molar-refractivity contribution in [3.63, 3.8) is 0 Å². The quantitative estimate of drug-likeness (QED) is 0.191. The Hall–Kier alpha value is -2.17. The number of aliphatic hydroxyl groups is 1. The van der Waals surface area contributed by atoms with Gasteiger partial charge in [-0.05, 0) is 12.1 Å². The zero-order valence-electron chi connectivity index (χ0n) is 24.2. The van der Waals surface area contributed by atoms with Crippen LogP contribution in [0, 0.1) is 5.41 Å². The van der Waals surface area contributed by atoms with Gasteiger partial charge in [-0.1, -0.05) is 67.2 Å². The normalized spacial score (nSPS) is 10.6. The molecule has 1 rings (SSSR count). The number of nitrogens with zero attached hydrogens (tertiary/aromatic N) is 1. The van der Waals surface area contributed by atoms with E-state index in [0.717, 1.165) is 0 Å². The molecule has 0 saturated carbocycles. The van der Waals surface area contributed by atoms with Gasteiger partial charge < -0.3 is 25.8 Å². The van der Waals surface area contributed by atoms with Crippen LogP contribution in [0.3, 0.4) is 0 Å². The molecule has 1 aromatic heterocycles. The summed E-state index contributed by atoms with van der Waals surface area (Å²) in [6.45, 7) is 12.9.